The lowest BCUT2D eigenvalue weighted by molar-refractivity contribution is -0.143. The van der Waals surface area contributed by atoms with Crippen molar-refractivity contribution in [1.82, 2.24) is 10.2 Å². The first-order chi connectivity index (χ1) is 13.0. The molecule has 1 N–H and O–H groups in total. The fraction of sp³-hybridized carbons (Fsp3) is 0.304. The number of amides is 2. The quantitative estimate of drug-likeness (QED) is 0.692. The molecule has 27 heavy (non-hydrogen) atoms. The van der Waals surface area contributed by atoms with Crippen molar-refractivity contribution in [3.8, 4) is 0 Å². The number of nitrogens with one attached hydrogen (secondary N) is 1. The maximum Gasteiger partial charge on any atom is 0.243 e. The Kier molecular flexibility index (Phi) is 7.80. The first-order valence-electron chi connectivity index (χ1n) is 9.30. The Bertz CT molecular complexity index is 741. The van der Waals surface area contributed by atoms with Crippen LogP contribution in [0.4, 0.5) is 0 Å². The molecule has 4 nitrogen and oxygen atoms in total. The monoisotopic (exact) mass is 364 g/mol. The summed E-state index contributed by atoms with van der Waals surface area (Å²) in [5.41, 5.74) is 2.02. The SMILES string of the molecule is C=CCNC(=O)[C@H](Cc1ccccc1)N(Cc1ccccc1)C(=O)C(C)C. The maximum atomic E-state index is 13.0. The van der Waals surface area contributed by atoms with Crippen LogP contribution in [0.15, 0.2) is 73.3 Å². The van der Waals surface area contributed by atoms with Gasteiger partial charge in [-0.3, -0.25) is 9.59 Å². The summed E-state index contributed by atoms with van der Waals surface area (Å²) in [6.07, 6.45) is 2.11. The van der Waals surface area contributed by atoms with Gasteiger partial charge in [-0.1, -0.05) is 80.6 Å². The van der Waals surface area contributed by atoms with Gasteiger partial charge < -0.3 is 10.2 Å². The largest absolute Gasteiger partial charge is 0.351 e. The first-order valence-corrected chi connectivity index (χ1v) is 9.30. The lowest BCUT2D eigenvalue weighted by Crippen LogP contribution is -2.51. The van der Waals surface area contributed by atoms with Crippen molar-refractivity contribution in [2.24, 2.45) is 5.92 Å². The molecule has 2 aromatic carbocycles. The molecule has 2 amide bonds. The summed E-state index contributed by atoms with van der Waals surface area (Å²) in [6, 6.07) is 19.0. The van der Waals surface area contributed by atoms with E-state index in [0.717, 1.165) is 11.1 Å². The van der Waals surface area contributed by atoms with Gasteiger partial charge in [-0.15, -0.1) is 6.58 Å². The fourth-order valence-corrected chi connectivity index (χ4v) is 2.93. The smallest absolute Gasteiger partial charge is 0.243 e. The molecule has 0 aromatic heterocycles. The van der Waals surface area contributed by atoms with Crippen molar-refractivity contribution in [1.29, 1.82) is 0 Å². The Morgan fingerprint density at radius 3 is 2.07 bits per heavy atom. The van der Waals surface area contributed by atoms with E-state index >= 15 is 0 Å². The minimum absolute atomic E-state index is 0.0338. The Morgan fingerprint density at radius 1 is 1.00 bits per heavy atom. The average Bonchev–Trinajstić information content (AvgIpc) is 2.69. The van der Waals surface area contributed by atoms with Crippen molar-refractivity contribution in [2.75, 3.05) is 6.54 Å². The zero-order valence-electron chi connectivity index (χ0n) is 16.1. The van der Waals surface area contributed by atoms with Crippen molar-refractivity contribution in [3.63, 3.8) is 0 Å². The highest BCUT2D eigenvalue weighted by molar-refractivity contribution is 5.88. The summed E-state index contributed by atoms with van der Waals surface area (Å²) in [7, 11) is 0. The Balaban J connectivity index is 2.35. The van der Waals surface area contributed by atoms with Crippen molar-refractivity contribution >= 4 is 11.8 Å². The minimum atomic E-state index is -0.581. The van der Waals surface area contributed by atoms with Crippen LogP contribution in [0.3, 0.4) is 0 Å². The molecule has 0 aliphatic carbocycles. The van der Waals surface area contributed by atoms with Crippen molar-refractivity contribution in [3.05, 3.63) is 84.4 Å². The van der Waals surface area contributed by atoms with Gasteiger partial charge in [-0.2, -0.15) is 0 Å². The molecule has 0 aliphatic heterocycles. The molecule has 0 unspecified atom stereocenters. The van der Waals surface area contributed by atoms with E-state index < -0.39 is 6.04 Å². The predicted molar refractivity (Wildman–Crippen MR) is 109 cm³/mol. The van der Waals surface area contributed by atoms with Crippen LogP contribution in [0.1, 0.15) is 25.0 Å². The summed E-state index contributed by atoms with van der Waals surface area (Å²) in [5, 5.41) is 2.86. The number of benzene rings is 2. The van der Waals surface area contributed by atoms with Gasteiger partial charge in [-0.25, -0.2) is 0 Å². The molecule has 0 saturated carbocycles. The Morgan fingerprint density at radius 2 is 1.56 bits per heavy atom. The van der Waals surface area contributed by atoms with E-state index in [9.17, 15) is 9.59 Å². The standard InChI is InChI=1S/C23H28N2O2/c1-4-15-24-22(26)21(16-19-11-7-5-8-12-19)25(23(27)18(2)3)17-20-13-9-6-10-14-20/h4-14,18,21H,1,15-17H2,2-3H3,(H,24,26)/t21-/m0/s1. The minimum Gasteiger partial charge on any atom is -0.351 e. The van der Waals surface area contributed by atoms with Gasteiger partial charge in [0, 0.05) is 25.4 Å². The molecule has 0 heterocycles. The number of hydrogen-bond acceptors (Lipinski definition) is 2. The third-order valence-corrected chi connectivity index (χ3v) is 4.34. The summed E-state index contributed by atoms with van der Waals surface area (Å²) < 4.78 is 0. The number of nitrogens with zero attached hydrogens (tertiary/aromatic N) is 1. The van der Waals surface area contributed by atoms with Crippen LogP contribution < -0.4 is 5.32 Å². The molecule has 142 valence electrons. The molecule has 0 spiro atoms. The number of carbonyl (C=O) groups excluding carboxylic acids is 2. The van der Waals surface area contributed by atoms with Crippen LogP contribution in [0.25, 0.3) is 0 Å². The lowest BCUT2D eigenvalue weighted by Gasteiger charge is -2.32. The van der Waals surface area contributed by atoms with Crippen LogP contribution in [0.5, 0.6) is 0 Å². The molecule has 0 fully saturated rings. The topological polar surface area (TPSA) is 49.4 Å². The molecule has 0 bridgehead atoms. The summed E-state index contributed by atoms with van der Waals surface area (Å²) in [5.74, 6) is -0.392. The normalized spacial score (nSPS) is 11.7. The molecule has 4 heteroatoms. The molecule has 0 aliphatic rings. The van der Waals surface area contributed by atoms with Crippen LogP contribution >= 0.6 is 0 Å². The zero-order chi connectivity index (χ0) is 19.6. The number of rotatable bonds is 9. The Labute approximate surface area is 161 Å². The molecule has 1 atom stereocenters. The second kappa shape index (κ2) is 10.3. The van der Waals surface area contributed by atoms with E-state index in [0.29, 0.717) is 19.5 Å². The highest BCUT2D eigenvalue weighted by Gasteiger charge is 2.31. The van der Waals surface area contributed by atoms with Gasteiger partial charge in [0.1, 0.15) is 6.04 Å². The predicted octanol–water partition coefficient (Wildman–Crippen LogP) is 3.58. The van der Waals surface area contributed by atoms with Crippen LogP contribution in [0, 0.1) is 5.92 Å². The third kappa shape index (κ3) is 6.10. The average molecular weight is 364 g/mol. The zero-order valence-corrected chi connectivity index (χ0v) is 16.1. The molecule has 0 saturated heterocycles. The van der Waals surface area contributed by atoms with Crippen molar-refractivity contribution in [2.45, 2.75) is 32.9 Å². The Hall–Kier alpha value is -2.88. The molecule has 0 radical (unpaired) electrons. The van der Waals surface area contributed by atoms with E-state index in [1.165, 1.54) is 0 Å². The van der Waals surface area contributed by atoms with Gasteiger partial charge in [0.25, 0.3) is 0 Å². The molecule has 2 rings (SSSR count). The molecular formula is C23H28N2O2. The van der Waals surface area contributed by atoms with Gasteiger partial charge in [0.2, 0.25) is 11.8 Å². The lowest BCUT2D eigenvalue weighted by atomic mass is 10.0. The summed E-state index contributed by atoms with van der Waals surface area (Å²) in [6.45, 7) is 8.16. The maximum absolute atomic E-state index is 13.0. The highest BCUT2D eigenvalue weighted by atomic mass is 16.2. The number of hydrogen-bond donors (Lipinski definition) is 1. The van der Waals surface area contributed by atoms with Gasteiger partial charge in [-0.05, 0) is 11.1 Å². The second-order valence-electron chi connectivity index (χ2n) is 6.85. The second-order valence-corrected chi connectivity index (χ2v) is 6.85. The summed E-state index contributed by atoms with van der Waals surface area (Å²) in [4.78, 5) is 27.6. The first kappa shape index (κ1) is 20.4. The molecule has 2 aromatic rings. The van der Waals surface area contributed by atoms with Crippen LogP contribution in [-0.2, 0) is 22.6 Å². The van der Waals surface area contributed by atoms with E-state index in [4.69, 9.17) is 0 Å². The van der Waals surface area contributed by atoms with E-state index in [1.54, 1.807) is 11.0 Å². The van der Waals surface area contributed by atoms with E-state index in [-0.39, 0.29) is 17.7 Å². The van der Waals surface area contributed by atoms with E-state index in [1.807, 2.05) is 74.5 Å². The van der Waals surface area contributed by atoms with Gasteiger partial charge in [0.15, 0.2) is 0 Å². The summed E-state index contributed by atoms with van der Waals surface area (Å²) >= 11 is 0. The van der Waals surface area contributed by atoms with Crippen molar-refractivity contribution < 1.29 is 9.59 Å². The van der Waals surface area contributed by atoms with Crippen LogP contribution in [0.2, 0.25) is 0 Å². The van der Waals surface area contributed by atoms with Crippen LogP contribution in [-0.4, -0.2) is 29.3 Å². The van der Waals surface area contributed by atoms with Gasteiger partial charge >= 0.3 is 0 Å². The molecular weight excluding hydrogens is 336 g/mol. The third-order valence-electron chi connectivity index (χ3n) is 4.34. The fourth-order valence-electron chi connectivity index (χ4n) is 2.93. The van der Waals surface area contributed by atoms with E-state index in [2.05, 4.69) is 11.9 Å². The van der Waals surface area contributed by atoms with Gasteiger partial charge in [0.05, 0.1) is 0 Å². The highest BCUT2D eigenvalue weighted by Crippen LogP contribution is 2.17. The number of carbonyl (C=O) groups is 2.